The topological polar surface area (TPSA) is 38.0 Å². The van der Waals surface area contributed by atoms with Gasteiger partial charge in [0.2, 0.25) is 0 Å². The highest BCUT2D eigenvalue weighted by Gasteiger charge is 2.34. The van der Waals surface area contributed by atoms with Gasteiger partial charge in [-0.1, -0.05) is 25.1 Å². The molecule has 0 atom stereocenters. The van der Waals surface area contributed by atoms with Crippen molar-refractivity contribution in [2.75, 3.05) is 11.9 Å². The number of alkyl halides is 3. The van der Waals surface area contributed by atoms with Crippen LogP contribution >= 0.6 is 12.2 Å². The molecule has 0 aliphatic heterocycles. The molecule has 1 aliphatic rings. The third-order valence-corrected chi connectivity index (χ3v) is 3.63. The number of hydrogen-bond donors (Lipinski definition) is 2. The Hall–Kier alpha value is -1.30. The molecule has 1 aliphatic carbocycles. The van der Waals surface area contributed by atoms with Crippen LogP contribution in [0.5, 0.6) is 0 Å². The maximum Gasteiger partial charge on any atom is 0.417 e. The Morgan fingerprint density at radius 1 is 1.35 bits per heavy atom. The minimum absolute atomic E-state index is 0.125. The zero-order valence-electron chi connectivity index (χ0n) is 11.0. The molecule has 0 bridgehead atoms. The lowest BCUT2D eigenvalue weighted by atomic mass is 10.1. The van der Waals surface area contributed by atoms with E-state index in [1.165, 1.54) is 31.4 Å². The first-order valence-electron chi connectivity index (χ1n) is 6.63. The first kappa shape index (κ1) is 15.1. The number of halogens is 3. The van der Waals surface area contributed by atoms with Crippen LogP contribution in [0, 0.1) is 5.92 Å². The van der Waals surface area contributed by atoms with Crippen LogP contribution in [0.25, 0.3) is 0 Å². The van der Waals surface area contributed by atoms with Crippen molar-refractivity contribution in [3.05, 3.63) is 29.3 Å². The van der Waals surface area contributed by atoms with Crippen molar-refractivity contribution >= 4 is 22.9 Å². The van der Waals surface area contributed by atoms with Gasteiger partial charge in [0.15, 0.2) is 0 Å². The van der Waals surface area contributed by atoms with Gasteiger partial charge in [-0.25, -0.2) is 0 Å². The Morgan fingerprint density at radius 3 is 2.60 bits per heavy atom. The molecule has 0 spiro atoms. The summed E-state index contributed by atoms with van der Waals surface area (Å²) in [6.45, 7) is 0.749. The maximum atomic E-state index is 12.8. The Balaban J connectivity index is 2.02. The van der Waals surface area contributed by atoms with E-state index in [1.54, 1.807) is 0 Å². The van der Waals surface area contributed by atoms with Gasteiger partial charge in [-0.05, 0) is 37.0 Å². The molecule has 0 amide bonds. The van der Waals surface area contributed by atoms with Gasteiger partial charge in [0.05, 0.1) is 5.56 Å². The van der Waals surface area contributed by atoms with Crippen molar-refractivity contribution in [3.63, 3.8) is 0 Å². The quantitative estimate of drug-likeness (QED) is 0.617. The summed E-state index contributed by atoms with van der Waals surface area (Å²) in [6, 6.07) is 3.82. The van der Waals surface area contributed by atoms with Crippen LogP contribution in [0.1, 0.15) is 36.8 Å². The largest absolute Gasteiger partial charge is 0.417 e. The highest BCUT2D eigenvalue weighted by atomic mass is 32.1. The molecule has 1 aromatic rings. The minimum atomic E-state index is -4.44. The van der Waals surface area contributed by atoms with Crippen molar-refractivity contribution < 1.29 is 13.2 Å². The Labute approximate surface area is 121 Å². The van der Waals surface area contributed by atoms with Crippen molar-refractivity contribution in [1.82, 2.24) is 0 Å². The molecule has 6 heteroatoms. The third kappa shape index (κ3) is 4.10. The summed E-state index contributed by atoms with van der Waals surface area (Å²) in [5.74, 6) is 0.858. The van der Waals surface area contributed by atoms with Crippen molar-refractivity contribution in [3.8, 4) is 0 Å². The lowest BCUT2D eigenvalue weighted by Gasteiger charge is -2.14. The monoisotopic (exact) mass is 302 g/mol. The van der Waals surface area contributed by atoms with Gasteiger partial charge in [-0.3, -0.25) is 0 Å². The Kier molecular flexibility index (Phi) is 4.52. The first-order valence-corrected chi connectivity index (χ1v) is 7.03. The first-order chi connectivity index (χ1) is 9.38. The average Bonchev–Trinajstić information content (AvgIpc) is 3.17. The number of anilines is 1. The molecular formula is C14H17F3N2S. The minimum Gasteiger partial charge on any atom is -0.389 e. The number of nitrogens with two attached hydrogens (primary N) is 1. The summed E-state index contributed by atoms with van der Waals surface area (Å²) < 4.78 is 38.4. The summed E-state index contributed by atoms with van der Waals surface area (Å²) in [4.78, 5) is -0.237. The molecule has 0 radical (unpaired) electrons. The molecule has 0 saturated heterocycles. The van der Waals surface area contributed by atoms with Gasteiger partial charge < -0.3 is 11.1 Å². The van der Waals surface area contributed by atoms with Crippen LogP contribution in [0.4, 0.5) is 18.9 Å². The molecule has 0 heterocycles. The summed E-state index contributed by atoms with van der Waals surface area (Å²) in [5.41, 5.74) is 5.10. The molecule has 2 rings (SSSR count). The molecule has 1 saturated carbocycles. The number of hydrogen-bond acceptors (Lipinski definition) is 2. The molecule has 20 heavy (non-hydrogen) atoms. The number of benzene rings is 1. The fraction of sp³-hybridized carbons (Fsp3) is 0.500. The van der Waals surface area contributed by atoms with Gasteiger partial charge in [0.25, 0.3) is 0 Å². The molecule has 3 N–H and O–H groups in total. The fourth-order valence-corrected chi connectivity index (χ4v) is 2.30. The zero-order chi connectivity index (χ0) is 14.8. The summed E-state index contributed by atoms with van der Waals surface area (Å²) >= 11 is 4.71. The molecule has 1 aromatic carbocycles. The van der Waals surface area contributed by atoms with E-state index in [2.05, 4.69) is 5.32 Å². The second kappa shape index (κ2) is 5.99. The van der Waals surface area contributed by atoms with Gasteiger partial charge in [-0.15, -0.1) is 0 Å². The Bertz CT molecular complexity index is 496. The van der Waals surface area contributed by atoms with E-state index in [1.807, 2.05) is 0 Å². The van der Waals surface area contributed by atoms with Crippen molar-refractivity contribution in [1.29, 1.82) is 0 Å². The molecule has 0 unspecified atom stereocenters. The SMILES string of the molecule is NC(=S)c1cc(NCCCC2CC2)ccc1C(F)(F)F. The van der Waals surface area contributed by atoms with E-state index in [0.717, 1.165) is 24.9 Å². The average molecular weight is 302 g/mol. The Morgan fingerprint density at radius 2 is 2.05 bits per heavy atom. The highest BCUT2D eigenvalue weighted by molar-refractivity contribution is 7.80. The number of nitrogens with one attached hydrogen (secondary N) is 1. The molecule has 1 fully saturated rings. The van der Waals surface area contributed by atoms with Crippen molar-refractivity contribution in [2.24, 2.45) is 11.7 Å². The molecule has 110 valence electrons. The van der Waals surface area contributed by atoms with Gasteiger partial charge in [0.1, 0.15) is 4.99 Å². The second-order valence-corrected chi connectivity index (χ2v) is 5.57. The van der Waals surface area contributed by atoms with Crippen LogP contribution in [0.15, 0.2) is 18.2 Å². The smallest absolute Gasteiger partial charge is 0.389 e. The normalized spacial score (nSPS) is 15.2. The van der Waals surface area contributed by atoms with E-state index in [0.29, 0.717) is 5.69 Å². The standard InChI is InChI=1S/C14H17F3N2S/c15-14(16,17)12-6-5-10(8-11(12)13(18)20)19-7-1-2-9-3-4-9/h5-6,8-9,19H,1-4,7H2,(H2,18,20). The van der Waals surface area contributed by atoms with E-state index in [9.17, 15) is 13.2 Å². The van der Waals surface area contributed by atoms with Crippen LogP contribution in [0.3, 0.4) is 0 Å². The molecule has 2 nitrogen and oxygen atoms in total. The predicted octanol–water partition coefficient (Wildman–Crippen LogP) is 3.94. The van der Waals surface area contributed by atoms with Crippen LogP contribution in [0.2, 0.25) is 0 Å². The summed E-state index contributed by atoms with van der Waals surface area (Å²) in [6.07, 6.45) is 0.380. The van der Waals surface area contributed by atoms with Crippen LogP contribution in [-0.4, -0.2) is 11.5 Å². The molecule has 0 aromatic heterocycles. The second-order valence-electron chi connectivity index (χ2n) is 5.13. The fourth-order valence-electron chi connectivity index (χ4n) is 2.14. The summed E-state index contributed by atoms with van der Waals surface area (Å²) in [5, 5.41) is 3.12. The molecular weight excluding hydrogens is 285 g/mol. The van der Waals surface area contributed by atoms with E-state index in [-0.39, 0.29) is 10.6 Å². The predicted molar refractivity (Wildman–Crippen MR) is 77.8 cm³/mol. The number of thiocarbonyl (C=S) groups is 1. The lowest BCUT2D eigenvalue weighted by molar-refractivity contribution is -0.137. The number of rotatable bonds is 6. The van der Waals surface area contributed by atoms with Crippen LogP contribution < -0.4 is 11.1 Å². The third-order valence-electron chi connectivity index (χ3n) is 3.41. The van der Waals surface area contributed by atoms with Crippen molar-refractivity contribution in [2.45, 2.75) is 31.9 Å². The highest BCUT2D eigenvalue weighted by Crippen LogP contribution is 2.34. The summed E-state index contributed by atoms with van der Waals surface area (Å²) in [7, 11) is 0. The van der Waals surface area contributed by atoms with Gasteiger partial charge in [0, 0.05) is 17.8 Å². The zero-order valence-corrected chi connectivity index (χ0v) is 11.8. The van der Waals surface area contributed by atoms with Gasteiger partial charge >= 0.3 is 6.18 Å². The van der Waals surface area contributed by atoms with E-state index in [4.69, 9.17) is 18.0 Å². The van der Waals surface area contributed by atoms with E-state index < -0.39 is 11.7 Å². The van der Waals surface area contributed by atoms with Gasteiger partial charge in [-0.2, -0.15) is 13.2 Å². The van der Waals surface area contributed by atoms with E-state index >= 15 is 0 Å². The van der Waals surface area contributed by atoms with Crippen LogP contribution in [-0.2, 0) is 6.18 Å². The maximum absolute atomic E-state index is 12.8. The lowest BCUT2D eigenvalue weighted by Crippen LogP contribution is -2.18.